The Morgan fingerprint density at radius 1 is 1.19 bits per heavy atom. The average Bonchev–Trinajstić information content (AvgIpc) is 2.86. The number of aliphatic hydroxyl groups is 2. The number of aromatic nitrogens is 1. The van der Waals surface area contributed by atoms with Gasteiger partial charge in [-0.1, -0.05) is 6.07 Å². The molecule has 0 saturated heterocycles. The van der Waals surface area contributed by atoms with Gasteiger partial charge in [-0.05, 0) is 44.2 Å². The third-order valence-electron chi connectivity index (χ3n) is 4.40. The van der Waals surface area contributed by atoms with Crippen LogP contribution in [0.15, 0.2) is 12.1 Å². The number of ether oxygens (including phenoxy) is 1. The zero-order valence-electron chi connectivity index (χ0n) is 12.6. The van der Waals surface area contributed by atoms with Crippen LogP contribution in [0.4, 0.5) is 0 Å². The van der Waals surface area contributed by atoms with E-state index in [-0.39, 0.29) is 19.8 Å². The fourth-order valence-corrected chi connectivity index (χ4v) is 3.53. The Morgan fingerprint density at radius 2 is 2.00 bits per heavy atom. The molecule has 1 aliphatic rings. The molecule has 0 saturated carbocycles. The Morgan fingerprint density at radius 3 is 2.71 bits per heavy atom. The fraction of sp³-hybridized carbons (Fsp3) is 0.529. The van der Waals surface area contributed by atoms with Crippen molar-refractivity contribution in [1.82, 2.24) is 4.57 Å². The highest BCUT2D eigenvalue weighted by Gasteiger charge is 2.23. The Labute approximate surface area is 125 Å². The van der Waals surface area contributed by atoms with Gasteiger partial charge in [0, 0.05) is 23.2 Å². The fourth-order valence-electron chi connectivity index (χ4n) is 3.53. The van der Waals surface area contributed by atoms with Crippen LogP contribution < -0.4 is 4.74 Å². The van der Waals surface area contributed by atoms with E-state index in [2.05, 4.69) is 17.6 Å². The lowest BCUT2D eigenvalue weighted by atomic mass is 9.94. The Kier molecular flexibility index (Phi) is 4.17. The van der Waals surface area contributed by atoms with Gasteiger partial charge in [-0.3, -0.25) is 0 Å². The number of nitrogens with zero attached hydrogens (tertiary/aromatic N) is 1. The minimum absolute atomic E-state index is 0.0159. The zero-order valence-corrected chi connectivity index (χ0v) is 12.6. The van der Waals surface area contributed by atoms with Crippen molar-refractivity contribution < 1.29 is 14.9 Å². The molecule has 0 radical (unpaired) electrons. The summed E-state index contributed by atoms with van der Waals surface area (Å²) in [5.41, 5.74) is 4.79. The molecule has 2 aromatic rings. The summed E-state index contributed by atoms with van der Waals surface area (Å²) in [6, 6.07) is 4.03. The Balaban J connectivity index is 2.27. The molecule has 2 N–H and O–H groups in total. The van der Waals surface area contributed by atoms with Crippen molar-refractivity contribution in [2.75, 3.05) is 13.2 Å². The largest absolute Gasteiger partial charge is 0.490 e. The van der Waals surface area contributed by atoms with Gasteiger partial charge in [-0.15, -0.1) is 0 Å². The minimum Gasteiger partial charge on any atom is -0.490 e. The van der Waals surface area contributed by atoms with Crippen LogP contribution in [0.2, 0.25) is 0 Å². The molecule has 114 valence electrons. The zero-order chi connectivity index (χ0) is 14.8. The molecule has 4 nitrogen and oxygen atoms in total. The molecule has 0 spiro atoms. The van der Waals surface area contributed by atoms with Crippen LogP contribution in [0, 0.1) is 0 Å². The second-order valence-corrected chi connectivity index (χ2v) is 5.55. The van der Waals surface area contributed by atoms with Gasteiger partial charge in [0.05, 0.1) is 18.7 Å². The maximum absolute atomic E-state index is 9.60. The van der Waals surface area contributed by atoms with Crippen LogP contribution in [-0.2, 0) is 26.0 Å². The molecule has 0 unspecified atom stereocenters. The summed E-state index contributed by atoms with van der Waals surface area (Å²) >= 11 is 0. The Bertz CT molecular complexity index is 645. The topological polar surface area (TPSA) is 54.6 Å². The van der Waals surface area contributed by atoms with Crippen molar-refractivity contribution in [3.05, 3.63) is 29.0 Å². The second-order valence-electron chi connectivity index (χ2n) is 5.55. The summed E-state index contributed by atoms with van der Waals surface area (Å²) in [6.45, 7) is 3.32. The lowest BCUT2D eigenvalue weighted by Crippen LogP contribution is -2.07. The Hall–Kier alpha value is -1.52. The SMILES string of the molecule is CCn1c2c(c3c(OCCO)c(CO)ccc31)CCCC2. The van der Waals surface area contributed by atoms with E-state index in [0.29, 0.717) is 0 Å². The maximum Gasteiger partial charge on any atom is 0.134 e. The van der Waals surface area contributed by atoms with Crippen LogP contribution >= 0.6 is 0 Å². The predicted molar refractivity (Wildman–Crippen MR) is 82.8 cm³/mol. The van der Waals surface area contributed by atoms with Gasteiger partial charge in [0.25, 0.3) is 0 Å². The molecule has 0 fully saturated rings. The second kappa shape index (κ2) is 6.08. The molecule has 0 aliphatic heterocycles. The summed E-state index contributed by atoms with van der Waals surface area (Å²) < 4.78 is 8.16. The molecular weight excluding hydrogens is 266 g/mol. The summed E-state index contributed by atoms with van der Waals surface area (Å²) in [7, 11) is 0. The third-order valence-corrected chi connectivity index (χ3v) is 4.40. The quantitative estimate of drug-likeness (QED) is 0.888. The van der Waals surface area contributed by atoms with E-state index in [9.17, 15) is 5.11 Å². The number of hydrogen-bond acceptors (Lipinski definition) is 3. The lowest BCUT2D eigenvalue weighted by molar-refractivity contribution is 0.197. The summed E-state index contributed by atoms with van der Waals surface area (Å²) in [5.74, 6) is 0.759. The number of fused-ring (bicyclic) bond motifs is 3. The summed E-state index contributed by atoms with van der Waals surface area (Å²) in [6.07, 6.45) is 4.64. The van der Waals surface area contributed by atoms with Gasteiger partial charge in [-0.2, -0.15) is 0 Å². The third kappa shape index (κ3) is 2.32. The van der Waals surface area contributed by atoms with Gasteiger partial charge < -0.3 is 19.5 Å². The van der Waals surface area contributed by atoms with Gasteiger partial charge in [-0.25, -0.2) is 0 Å². The van der Waals surface area contributed by atoms with E-state index in [1.165, 1.54) is 29.6 Å². The van der Waals surface area contributed by atoms with E-state index in [1.54, 1.807) is 0 Å². The first-order valence-electron chi connectivity index (χ1n) is 7.82. The summed E-state index contributed by atoms with van der Waals surface area (Å²) in [4.78, 5) is 0. The normalized spacial score (nSPS) is 14.4. The number of aryl methyl sites for hydroxylation is 2. The van der Waals surface area contributed by atoms with E-state index < -0.39 is 0 Å². The smallest absolute Gasteiger partial charge is 0.134 e. The molecule has 1 aromatic carbocycles. The average molecular weight is 289 g/mol. The molecule has 1 heterocycles. The molecule has 1 aliphatic carbocycles. The van der Waals surface area contributed by atoms with Crippen molar-refractivity contribution in [2.45, 2.75) is 45.8 Å². The number of benzene rings is 1. The minimum atomic E-state index is -0.0389. The first kappa shape index (κ1) is 14.4. The van der Waals surface area contributed by atoms with Crippen LogP contribution in [0.3, 0.4) is 0 Å². The molecule has 21 heavy (non-hydrogen) atoms. The van der Waals surface area contributed by atoms with Crippen molar-refractivity contribution in [1.29, 1.82) is 0 Å². The van der Waals surface area contributed by atoms with Crippen LogP contribution in [0.5, 0.6) is 5.75 Å². The first-order valence-corrected chi connectivity index (χ1v) is 7.82. The van der Waals surface area contributed by atoms with Gasteiger partial charge in [0.2, 0.25) is 0 Å². The molecular formula is C17H23NO3. The van der Waals surface area contributed by atoms with Crippen molar-refractivity contribution in [3.63, 3.8) is 0 Å². The maximum atomic E-state index is 9.60. The van der Waals surface area contributed by atoms with Crippen molar-refractivity contribution >= 4 is 10.9 Å². The highest BCUT2D eigenvalue weighted by Crippen LogP contribution is 2.39. The van der Waals surface area contributed by atoms with Crippen LogP contribution in [0.1, 0.15) is 36.6 Å². The number of aliphatic hydroxyl groups excluding tert-OH is 2. The number of hydrogen-bond donors (Lipinski definition) is 2. The molecule has 0 atom stereocenters. The molecule has 3 rings (SSSR count). The summed E-state index contributed by atoms with van der Waals surface area (Å²) in [5, 5.41) is 19.8. The van der Waals surface area contributed by atoms with Gasteiger partial charge >= 0.3 is 0 Å². The van der Waals surface area contributed by atoms with Crippen LogP contribution in [0.25, 0.3) is 10.9 Å². The molecule has 0 amide bonds. The molecule has 1 aromatic heterocycles. The first-order chi connectivity index (χ1) is 10.3. The predicted octanol–water partition coefficient (Wildman–Crippen LogP) is 2.40. The standard InChI is InChI=1S/C17H23NO3/c1-2-18-14-6-4-3-5-13(14)16-15(18)8-7-12(11-20)17(16)21-10-9-19/h7-8,19-20H,2-6,9-11H2,1H3. The number of rotatable bonds is 5. The lowest BCUT2D eigenvalue weighted by Gasteiger charge is -2.15. The molecule has 0 bridgehead atoms. The van der Waals surface area contributed by atoms with Gasteiger partial charge in [0.1, 0.15) is 12.4 Å². The van der Waals surface area contributed by atoms with Crippen molar-refractivity contribution in [2.24, 2.45) is 0 Å². The van der Waals surface area contributed by atoms with Crippen molar-refractivity contribution in [3.8, 4) is 5.75 Å². The van der Waals surface area contributed by atoms with E-state index in [0.717, 1.165) is 36.1 Å². The highest BCUT2D eigenvalue weighted by molar-refractivity contribution is 5.92. The van der Waals surface area contributed by atoms with E-state index in [4.69, 9.17) is 9.84 Å². The van der Waals surface area contributed by atoms with Crippen LogP contribution in [-0.4, -0.2) is 28.0 Å². The van der Waals surface area contributed by atoms with Gasteiger partial charge in [0.15, 0.2) is 0 Å². The monoisotopic (exact) mass is 289 g/mol. The molecule has 4 heteroatoms. The van der Waals surface area contributed by atoms with E-state index in [1.807, 2.05) is 6.07 Å². The highest BCUT2D eigenvalue weighted by atomic mass is 16.5. The van der Waals surface area contributed by atoms with E-state index >= 15 is 0 Å².